The molecule has 6 nitrogen and oxygen atoms in total. The molecule has 1 aliphatic rings. The molecule has 1 saturated heterocycles. The standard InChI is InChI=1S/C10H11N3O3/c14-8-3-5-13(10(16)12-8)6-7-2-1-4-11-9(7)15/h1-2,4H,3,5-6H2,(H,11,15)(H,12,14,16). The van der Waals surface area contributed by atoms with E-state index in [9.17, 15) is 14.4 Å². The lowest BCUT2D eigenvalue weighted by atomic mass is 10.2. The van der Waals surface area contributed by atoms with E-state index in [0.717, 1.165) is 0 Å². The second-order valence-corrected chi connectivity index (χ2v) is 3.55. The molecule has 1 aromatic rings. The summed E-state index contributed by atoms with van der Waals surface area (Å²) in [5.74, 6) is -0.275. The average Bonchev–Trinajstić information content (AvgIpc) is 2.25. The van der Waals surface area contributed by atoms with Crippen molar-refractivity contribution in [3.63, 3.8) is 0 Å². The molecule has 2 heterocycles. The maximum atomic E-state index is 11.4. The molecule has 6 heteroatoms. The van der Waals surface area contributed by atoms with Gasteiger partial charge in [0.1, 0.15) is 0 Å². The summed E-state index contributed by atoms with van der Waals surface area (Å²) in [6.45, 7) is 0.564. The molecule has 2 rings (SSSR count). The van der Waals surface area contributed by atoms with Crippen molar-refractivity contribution in [2.75, 3.05) is 6.54 Å². The number of hydrogen-bond acceptors (Lipinski definition) is 3. The Morgan fingerprint density at radius 3 is 2.81 bits per heavy atom. The van der Waals surface area contributed by atoms with E-state index in [4.69, 9.17) is 0 Å². The first kappa shape index (κ1) is 10.4. The Bertz CT molecular complexity index is 480. The number of carbonyl (C=O) groups is 2. The van der Waals surface area contributed by atoms with Crippen LogP contribution in [0.4, 0.5) is 4.79 Å². The quantitative estimate of drug-likeness (QED) is 0.726. The van der Waals surface area contributed by atoms with Crippen molar-refractivity contribution >= 4 is 11.9 Å². The maximum absolute atomic E-state index is 11.4. The lowest BCUT2D eigenvalue weighted by molar-refractivity contribution is -0.121. The molecule has 1 aromatic heterocycles. The van der Waals surface area contributed by atoms with Gasteiger partial charge < -0.3 is 9.88 Å². The van der Waals surface area contributed by atoms with E-state index in [-0.39, 0.29) is 24.4 Å². The van der Waals surface area contributed by atoms with Gasteiger partial charge in [0, 0.05) is 24.7 Å². The van der Waals surface area contributed by atoms with Gasteiger partial charge in [-0.05, 0) is 6.07 Å². The van der Waals surface area contributed by atoms with E-state index < -0.39 is 6.03 Å². The fourth-order valence-corrected chi connectivity index (χ4v) is 1.54. The molecule has 84 valence electrons. The van der Waals surface area contributed by atoms with Gasteiger partial charge in [0.05, 0.1) is 6.54 Å². The van der Waals surface area contributed by atoms with Gasteiger partial charge in [0.25, 0.3) is 5.56 Å². The average molecular weight is 221 g/mol. The van der Waals surface area contributed by atoms with Gasteiger partial charge in [-0.2, -0.15) is 0 Å². The van der Waals surface area contributed by atoms with E-state index >= 15 is 0 Å². The molecule has 0 bridgehead atoms. The summed E-state index contributed by atoms with van der Waals surface area (Å²) < 4.78 is 0. The summed E-state index contributed by atoms with van der Waals surface area (Å²) in [6.07, 6.45) is 1.81. The van der Waals surface area contributed by atoms with Crippen LogP contribution in [0, 0.1) is 0 Å². The van der Waals surface area contributed by atoms with Crippen LogP contribution in [-0.4, -0.2) is 28.4 Å². The number of rotatable bonds is 2. The Morgan fingerprint density at radius 2 is 2.12 bits per heavy atom. The number of pyridine rings is 1. The summed E-state index contributed by atoms with van der Waals surface area (Å²) in [4.78, 5) is 37.7. The largest absolute Gasteiger partial charge is 0.329 e. The normalized spacial score (nSPS) is 16.1. The molecule has 1 fully saturated rings. The number of carbonyl (C=O) groups excluding carboxylic acids is 2. The Labute approximate surface area is 91.3 Å². The molecule has 16 heavy (non-hydrogen) atoms. The molecule has 2 N–H and O–H groups in total. The first-order valence-electron chi connectivity index (χ1n) is 4.92. The van der Waals surface area contributed by atoms with E-state index in [0.29, 0.717) is 12.1 Å². The number of aromatic nitrogens is 1. The van der Waals surface area contributed by atoms with E-state index in [1.807, 2.05) is 0 Å². The highest BCUT2D eigenvalue weighted by Gasteiger charge is 2.23. The SMILES string of the molecule is O=C1CCN(Cc2ccc[nH]c2=O)C(=O)N1. The number of imide groups is 1. The lowest BCUT2D eigenvalue weighted by Crippen LogP contribution is -2.49. The topological polar surface area (TPSA) is 82.3 Å². The van der Waals surface area contributed by atoms with Crippen LogP contribution in [-0.2, 0) is 11.3 Å². The van der Waals surface area contributed by atoms with Gasteiger partial charge in [-0.3, -0.25) is 14.9 Å². The minimum absolute atomic E-state index is 0.216. The lowest BCUT2D eigenvalue weighted by Gasteiger charge is -2.26. The molecule has 0 spiro atoms. The fourth-order valence-electron chi connectivity index (χ4n) is 1.54. The van der Waals surface area contributed by atoms with Crippen molar-refractivity contribution in [2.45, 2.75) is 13.0 Å². The third-order valence-electron chi connectivity index (χ3n) is 2.40. The van der Waals surface area contributed by atoms with E-state index in [1.165, 1.54) is 11.1 Å². The zero-order valence-corrected chi connectivity index (χ0v) is 8.53. The minimum atomic E-state index is -0.445. The Kier molecular flexibility index (Phi) is 2.72. The zero-order chi connectivity index (χ0) is 11.5. The Balaban J connectivity index is 2.11. The molecule has 3 amide bonds. The molecule has 1 aliphatic heterocycles. The molecular weight excluding hydrogens is 210 g/mol. The summed E-state index contributed by atoms with van der Waals surface area (Å²) in [7, 11) is 0. The number of nitrogens with one attached hydrogen (secondary N) is 2. The zero-order valence-electron chi connectivity index (χ0n) is 8.53. The van der Waals surface area contributed by atoms with Crippen molar-refractivity contribution in [1.82, 2.24) is 15.2 Å². The minimum Gasteiger partial charge on any atom is -0.329 e. The first-order valence-corrected chi connectivity index (χ1v) is 4.92. The summed E-state index contributed by atoms with van der Waals surface area (Å²) in [6, 6.07) is 2.91. The molecule has 0 aliphatic carbocycles. The molecule has 0 radical (unpaired) electrons. The van der Waals surface area contributed by atoms with E-state index in [2.05, 4.69) is 10.3 Å². The number of hydrogen-bond donors (Lipinski definition) is 2. The molecule has 0 unspecified atom stereocenters. The maximum Gasteiger partial charge on any atom is 0.324 e. The number of urea groups is 1. The monoisotopic (exact) mass is 221 g/mol. The van der Waals surface area contributed by atoms with Gasteiger partial charge in [-0.1, -0.05) is 6.07 Å². The smallest absolute Gasteiger partial charge is 0.324 e. The van der Waals surface area contributed by atoms with Crippen molar-refractivity contribution in [3.05, 3.63) is 34.2 Å². The van der Waals surface area contributed by atoms with Gasteiger partial charge in [0.2, 0.25) is 5.91 Å². The van der Waals surface area contributed by atoms with Crippen molar-refractivity contribution in [2.24, 2.45) is 0 Å². The summed E-state index contributed by atoms with van der Waals surface area (Å²) >= 11 is 0. The van der Waals surface area contributed by atoms with Crippen LogP contribution in [0.1, 0.15) is 12.0 Å². The predicted octanol–water partition coefficient (Wildman–Crippen LogP) is -0.183. The number of amides is 3. The fraction of sp³-hybridized carbons (Fsp3) is 0.300. The summed E-state index contributed by atoms with van der Waals surface area (Å²) in [5, 5.41) is 2.20. The van der Waals surface area contributed by atoms with Gasteiger partial charge in [-0.25, -0.2) is 4.79 Å². The van der Waals surface area contributed by atoms with Crippen LogP contribution < -0.4 is 10.9 Å². The first-order chi connectivity index (χ1) is 7.66. The second kappa shape index (κ2) is 4.18. The van der Waals surface area contributed by atoms with Crippen molar-refractivity contribution in [3.8, 4) is 0 Å². The third-order valence-corrected chi connectivity index (χ3v) is 2.40. The highest BCUT2D eigenvalue weighted by Crippen LogP contribution is 2.04. The third kappa shape index (κ3) is 2.10. The molecule has 0 saturated carbocycles. The highest BCUT2D eigenvalue weighted by molar-refractivity contribution is 5.96. The molecule has 0 atom stereocenters. The second-order valence-electron chi connectivity index (χ2n) is 3.55. The molecule has 0 aromatic carbocycles. The van der Waals surface area contributed by atoms with Gasteiger partial charge in [-0.15, -0.1) is 0 Å². The van der Waals surface area contributed by atoms with Crippen LogP contribution in [0.3, 0.4) is 0 Å². The Morgan fingerprint density at radius 1 is 1.31 bits per heavy atom. The van der Waals surface area contributed by atoms with Crippen LogP contribution in [0.5, 0.6) is 0 Å². The summed E-state index contributed by atoms with van der Waals surface area (Å²) in [5.41, 5.74) is 0.291. The Hall–Kier alpha value is -2.11. The van der Waals surface area contributed by atoms with E-state index in [1.54, 1.807) is 12.1 Å². The highest BCUT2D eigenvalue weighted by atomic mass is 16.2. The van der Waals surface area contributed by atoms with Gasteiger partial charge >= 0.3 is 6.03 Å². The van der Waals surface area contributed by atoms with Gasteiger partial charge in [0.15, 0.2) is 0 Å². The van der Waals surface area contributed by atoms with Crippen LogP contribution in [0.15, 0.2) is 23.1 Å². The molecular formula is C10H11N3O3. The van der Waals surface area contributed by atoms with Crippen LogP contribution in [0.25, 0.3) is 0 Å². The number of nitrogens with zero attached hydrogens (tertiary/aromatic N) is 1. The van der Waals surface area contributed by atoms with Crippen LogP contribution in [0.2, 0.25) is 0 Å². The van der Waals surface area contributed by atoms with Crippen molar-refractivity contribution in [1.29, 1.82) is 0 Å². The van der Waals surface area contributed by atoms with Crippen LogP contribution >= 0.6 is 0 Å². The van der Waals surface area contributed by atoms with Crippen molar-refractivity contribution < 1.29 is 9.59 Å². The predicted molar refractivity (Wildman–Crippen MR) is 55.6 cm³/mol. The number of H-pyrrole nitrogens is 1. The number of aromatic amines is 1.